The van der Waals surface area contributed by atoms with Crippen LogP contribution in [0.1, 0.15) is 39.2 Å². The first-order valence-corrected chi connectivity index (χ1v) is 7.63. The Kier molecular flexibility index (Phi) is 11.4. The van der Waals surface area contributed by atoms with Crippen molar-refractivity contribution in [2.75, 3.05) is 19.6 Å². The van der Waals surface area contributed by atoms with E-state index in [1.165, 1.54) is 12.0 Å². The molecule has 0 aliphatic heterocycles. The van der Waals surface area contributed by atoms with Crippen LogP contribution < -0.4 is 10.6 Å². The lowest BCUT2D eigenvalue weighted by Crippen LogP contribution is -2.39. The Morgan fingerprint density at radius 1 is 1.38 bits per heavy atom. The summed E-state index contributed by atoms with van der Waals surface area (Å²) in [6.07, 6.45) is 6.31. The van der Waals surface area contributed by atoms with Gasteiger partial charge in [-0.3, -0.25) is 9.67 Å². The number of halogens is 1. The average molecular weight is 407 g/mol. The molecule has 2 N–H and O–H groups in total. The molecular formula is C15H30IN5. The zero-order chi connectivity index (χ0) is 14.8. The fourth-order valence-corrected chi connectivity index (χ4v) is 1.91. The van der Waals surface area contributed by atoms with Crippen LogP contribution in [0.25, 0.3) is 0 Å². The average Bonchev–Trinajstić information content (AvgIpc) is 2.80. The first-order valence-electron chi connectivity index (χ1n) is 7.63. The van der Waals surface area contributed by atoms with Crippen LogP contribution in [0.15, 0.2) is 17.4 Å². The summed E-state index contributed by atoms with van der Waals surface area (Å²) in [6, 6.07) is 0. The molecule has 122 valence electrons. The number of hydrogen-bond acceptors (Lipinski definition) is 2. The number of aliphatic imine (C=N–C) groups is 1. The standard InChI is InChI=1S/C15H29N5.HI/c1-5-16-15(17-8-6-7-13(2)3)18-9-10-20-12-14(4)11-19-20;/h11-13H,5-10H2,1-4H3,(H2,16,17,18);1H. The quantitative estimate of drug-likeness (QED) is 0.302. The lowest BCUT2D eigenvalue weighted by molar-refractivity contribution is 0.559. The number of hydrogen-bond donors (Lipinski definition) is 2. The number of guanidine groups is 1. The summed E-state index contributed by atoms with van der Waals surface area (Å²) in [5.41, 5.74) is 1.19. The van der Waals surface area contributed by atoms with Crippen molar-refractivity contribution in [2.45, 2.75) is 47.1 Å². The fourth-order valence-electron chi connectivity index (χ4n) is 1.91. The molecule has 0 saturated heterocycles. The Morgan fingerprint density at radius 2 is 2.14 bits per heavy atom. The number of nitrogens with one attached hydrogen (secondary N) is 2. The van der Waals surface area contributed by atoms with Crippen LogP contribution in [-0.2, 0) is 6.54 Å². The minimum absolute atomic E-state index is 0. The lowest BCUT2D eigenvalue weighted by atomic mass is 10.1. The molecule has 1 aromatic heterocycles. The van der Waals surface area contributed by atoms with E-state index in [0.29, 0.717) is 0 Å². The van der Waals surface area contributed by atoms with Crippen LogP contribution in [0.2, 0.25) is 0 Å². The van der Waals surface area contributed by atoms with Gasteiger partial charge in [-0.25, -0.2) is 0 Å². The second-order valence-corrected chi connectivity index (χ2v) is 5.50. The molecule has 0 fully saturated rings. The Bertz CT molecular complexity index is 401. The fraction of sp³-hybridized carbons (Fsp3) is 0.733. The topological polar surface area (TPSA) is 54.2 Å². The summed E-state index contributed by atoms with van der Waals surface area (Å²) < 4.78 is 1.95. The summed E-state index contributed by atoms with van der Waals surface area (Å²) in [5.74, 6) is 1.66. The van der Waals surface area contributed by atoms with Crippen LogP contribution in [0, 0.1) is 12.8 Å². The van der Waals surface area contributed by atoms with Crippen molar-refractivity contribution < 1.29 is 0 Å². The Hall–Kier alpha value is -0.790. The first kappa shape index (κ1) is 20.2. The largest absolute Gasteiger partial charge is 0.357 e. The van der Waals surface area contributed by atoms with E-state index in [-0.39, 0.29) is 24.0 Å². The molecule has 1 rings (SSSR count). The summed E-state index contributed by atoms with van der Waals surface area (Å²) in [7, 11) is 0. The van der Waals surface area contributed by atoms with Crippen LogP contribution in [0.3, 0.4) is 0 Å². The normalized spacial score (nSPS) is 11.4. The number of aromatic nitrogens is 2. The molecule has 21 heavy (non-hydrogen) atoms. The summed E-state index contributed by atoms with van der Waals surface area (Å²) in [4.78, 5) is 4.59. The molecule has 0 bridgehead atoms. The highest BCUT2D eigenvalue weighted by Crippen LogP contribution is 2.02. The highest BCUT2D eigenvalue weighted by Gasteiger charge is 1.98. The molecule has 0 aliphatic rings. The van der Waals surface area contributed by atoms with Crippen molar-refractivity contribution in [1.82, 2.24) is 20.4 Å². The SMILES string of the molecule is CCNC(=NCCCC(C)C)NCCn1cc(C)cn1.I. The zero-order valence-electron chi connectivity index (χ0n) is 13.7. The van der Waals surface area contributed by atoms with E-state index in [4.69, 9.17) is 0 Å². The van der Waals surface area contributed by atoms with E-state index in [9.17, 15) is 0 Å². The molecule has 0 saturated carbocycles. The highest BCUT2D eigenvalue weighted by molar-refractivity contribution is 14.0. The highest BCUT2D eigenvalue weighted by atomic mass is 127. The minimum Gasteiger partial charge on any atom is -0.357 e. The van der Waals surface area contributed by atoms with Crippen molar-refractivity contribution in [1.29, 1.82) is 0 Å². The summed E-state index contributed by atoms with van der Waals surface area (Å²) >= 11 is 0. The molecule has 0 radical (unpaired) electrons. The van der Waals surface area contributed by atoms with Crippen molar-refractivity contribution in [2.24, 2.45) is 10.9 Å². The van der Waals surface area contributed by atoms with Gasteiger partial charge in [-0.2, -0.15) is 5.10 Å². The van der Waals surface area contributed by atoms with E-state index in [1.807, 2.05) is 17.1 Å². The molecule has 1 heterocycles. The van der Waals surface area contributed by atoms with Gasteiger partial charge in [0.05, 0.1) is 12.7 Å². The Labute approximate surface area is 146 Å². The van der Waals surface area contributed by atoms with Crippen LogP contribution in [-0.4, -0.2) is 35.4 Å². The predicted octanol–water partition coefficient (Wildman–Crippen LogP) is 2.80. The van der Waals surface area contributed by atoms with E-state index >= 15 is 0 Å². The van der Waals surface area contributed by atoms with Gasteiger partial charge in [0.25, 0.3) is 0 Å². The van der Waals surface area contributed by atoms with Gasteiger partial charge in [0.15, 0.2) is 5.96 Å². The second-order valence-electron chi connectivity index (χ2n) is 5.50. The van der Waals surface area contributed by atoms with Crippen molar-refractivity contribution in [3.63, 3.8) is 0 Å². The van der Waals surface area contributed by atoms with E-state index in [2.05, 4.69) is 48.4 Å². The monoisotopic (exact) mass is 407 g/mol. The maximum absolute atomic E-state index is 4.59. The van der Waals surface area contributed by atoms with Gasteiger partial charge in [0, 0.05) is 25.8 Å². The molecule has 5 nitrogen and oxygen atoms in total. The third-order valence-corrected chi connectivity index (χ3v) is 2.95. The van der Waals surface area contributed by atoms with E-state index in [0.717, 1.165) is 44.5 Å². The Morgan fingerprint density at radius 3 is 2.71 bits per heavy atom. The molecule has 0 aromatic carbocycles. The molecule has 0 atom stereocenters. The van der Waals surface area contributed by atoms with Gasteiger partial charge >= 0.3 is 0 Å². The third-order valence-electron chi connectivity index (χ3n) is 2.95. The van der Waals surface area contributed by atoms with Crippen LogP contribution in [0.5, 0.6) is 0 Å². The van der Waals surface area contributed by atoms with E-state index in [1.54, 1.807) is 0 Å². The maximum atomic E-state index is 4.59. The zero-order valence-corrected chi connectivity index (χ0v) is 16.1. The van der Waals surface area contributed by atoms with Crippen LogP contribution >= 0.6 is 24.0 Å². The van der Waals surface area contributed by atoms with Crippen molar-refractivity contribution in [3.8, 4) is 0 Å². The predicted molar refractivity (Wildman–Crippen MR) is 100 cm³/mol. The van der Waals surface area contributed by atoms with Gasteiger partial charge in [-0.15, -0.1) is 24.0 Å². The molecule has 0 amide bonds. The molecule has 1 aromatic rings. The number of nitrogens with zero attached hydrogens (tertiary/aromatic N) is 3. The smallest absolute Gasteiger partial charge is 0.191 e. The molecule has 0 spiro atoms. The third kappa shape index (κ3) is 9.71. The van der Waals surface area contributed by atoms with Gasteiger partial charge in [0.1, 0.15) is 0 Å². The summed E-state index contributed by atoms with van der Waals surface area (Å²) in [5, 5.41) is 10.9. The van der Waals surface area contributed by atoms with Gasteiger partial charge in [-0.05, 0) is 38.2 Å². The second kappa shape index (κ2) is 11.8. The number of aryl methyl sites for hydroxylation is 1. The molecule has 6 heteroatoms. The van der Waals surface area contributed by atoms with Crippen molar-refractivity contribution in [3.05, 3.63) is 18.0 Å². The number of rotatable bonds is 8. The maximum Gasteiger partial charge on any atom is 0.191 e. The van der Waals surface area contributed by atoms with Crippen LogP contribution in [0.4, 0.5) is 0 Å². The molecular weight excluding hydrogens is 377 g/mol. The van der Waals surface area contributed by atoms with Gasteiger partial charge < -0.3 is 10.6 Å². The Balaban J connectivity index is 0.00000400. The lowest BCUT2D eigenvalue weighted by Gasteiger charge is -2.11. The molecule has 0 aliphatic carbocycles. The first-order chi connectivity index (χ1) is 9.61. The minimum atomic E-state index is 0. The van der Waals surface area contributed by atoms with Gasteiger partial charge in [-0.1, -0.05) is 13.8 Å². The molecule has 0 unspecified atom stereocenters. The van der Waals surface area contributed by atoms with Gasteiger partial charge in [0.2, 0.25) is 0 Å². The summed E-state index contributed by atoms with van der Waals surface area (Å²) in [6.45, 7) is 12.1. The van der Waals surface area contributed by atoms with E-state index < -0.39 is 0 Å². The van der Waals surface area contributed by atoms with Crippen molar-refractivity contribution >= 4 is 29.9 Å².